The molecular formula is C8H11NO3S. The van der Waals surface area contributed by atoms with Gasteiger partial charge in [0.05, 0.1) is 5.69 Å². The van der Waals surface area contributed by atoms with Gasteiger partial charge in [0.15, 0.2) is 0 Å². The van der Waals surface area contributed by atoms with Gasteiger partial charge < -0.3 is 5.73 Å². The first-order valence-corrected chi connectivity index (χ1v) is 5.10. The van der Waals surface area contributed by atoms with Crippen molar-refractivity contribution in [3.8, 4) is 0 Å². The number of hydrogen-bond acceptors (Lipinski definition) is 3. The predicted molar refractivity (Wildman–Crippen MR) is 50.1 cm³/mol. The van der Waals surface area contributed by atoms with Crippen molar-refractivity contribution in [3.05, 3.63) is 23.3 Å². The lowest BCUT2D eigenvalue weighted by atomic mass is 10.1. The smallest absolute Gasteiger partial charge is 0.296 e. The van der Waals surface area contributed by atoms with E-state index in [1.807, 2.05) is 0 Å². The van der Waals surface area contributed by atoms with E-state index < -0.39 is 10.1 Å². The van der Waals surface area contributed by atoms with E-state index in [4.69, 9.17) is 10.3 Å². The number of benzene rings is 1. The topological polar surface area (TPSA) is 80.4 Å². The minimum atomic E-state index is -4.20. The molecule has 13 heavy (non-hydrogen) atoms. The van der Waals surface area contributed by atoms with Gasteiger partial charge in [-0.15, -0.1) is 0 Å². The molecule has 0 atom stereocenters. The minimum Gasteiger partial charge on any atom is -0.397 e. The van der Waals surface area contributed by atoms with Crippen LogP contribution in [0.2, 0.25) is 0 Å². The highest BCUT2D eigenvalue weighted by atomic mass is 32.2. The Bertz CT molecular complexity index is 437. The molecule has 0 aliphatic carbocycles. The predicted octanol–water partition coefficient (Wildman–Crippen LogP) is 1.13. The Morgan fingerprint density at radius 2 is 1.85 bits per heavy atom. The molecule has 1 aromatic rings. The standard InChI is InChI=1S/C8H11NO3S/c1-5-3-6(2)8(9)7(4-5)13(10,11)12/h3-4H,9H2,1-2H3,(H,10,11,12). The van der Waals surface area contributed by atoms with Crippen LogP contribution in [0.4, 0.5) is 5.69 Å². The summed E-state index contributed by atoms with van der Waals surface area (Å²) in [5.41, 5.74) is 7.00. The van der Waals surface area contributed by atoms with Gasteiger partial charge in [0.2, 0.25) is 0 Å². The normalized spacial score (nSPS) is 11.6. The Balaban J connectivity index is 3.56. The van der Waals surface area contributed by atoms with Crippen molar-refractivity contribution in [2.75, 3.05) is 5.73 Å². The summed E-state index contributed by atoms with van der Waals surface area (Å²) in [5.74, 6) is 0. The van der Waals surface area contributed by atoms with Gasteiger partial charge in [0, 0.05) is 0 Å². The summed E-state index contributed by atoms with van der Waals surface area (Å²) in [5, 5.41) is 0. The van der Waals surface area contributed by atoms with Crippen molar-refractivity contribution in [2.24, 2.45) is 0 Å². The molecule has 0 aliphatic heterocycles. The van der Waals surface area contributed by atoms with Gasteiger partial charge in [-0.2, -0.15) is 8.42 Å². The van der Waals surface area contributed by atoms with Gasteiger partial charge in [-0.25, -0.2) is 0 Å². The van der Waals surface area contributed by atoms with Crippen LogP contribution in [0, 0.1) is 13.8 Å². The molecule has 1 rings (SSSR count). The van der Waals surface area contributed by atoms with Crippen LogP contribution in [0.3, 0.4) is 0 Å². The van der Waals surface area contributed by atoms with Gasteiger partial charge in [0.25, 0.3) is 10.1 Å². The maximum Gasteiger partial charge on any atom is 0.296 e. The lowest BCUT2D eigenvalue weighted by Crippen LogP contribution is -2.05. The second kappa shape index (κ2) is 3.01. The van der Waals surface area contributed by atoms with E-state index in [9.17, 15) is 8.42 Å². The molecule has 0 aliphatic rings. The zero-order valence-corrected chi connectivity index (χ0v) is 8.22. The zero-order valence-electron chi connectivity index (χ0n) is 7.40. The SMILES string of the molecule is Cc1cc(C)c(N)c(S(=O)(=O)O)c1. The lowest BCUT2D eigenvalue weighted by molar-refractivity contribution is 0.483. The minimum absolute atomic E-state index is 0.105. The average Bonchev–Trinajstić information content (AvgIpc) is 1.94. The molecule has 3 N–H and O–H groups in total. The van der Waals surface area contributed by atoms with Gasteiger partial charge in [-0.05, 0) is 31.0 Å². The van der Waals surface area contributed by atoms with Gasteiger partial charge in [-0.3, -0.25) is 4.55 Å². The van der Waals surface area contributed by atoms with Crippen LogP contribution < -0.4 is 5.73 Å². The van der Waals surface area contributed by atoms with Crippen molar-refractivity contribution in [3.63, 3.8) is 0 Å². The highest BCUT2D eigenvalue weighted by Crippen LogP contribution is 2.23. The second-order valence-electron chi connectivity index (χ2n) is 2.97. The van der Waals surface area contributed by atoms with Crippen LogP contribution in [-0.4, -0.2) is 13.0 Å². The summed E-state index contributed by atoms with van der Waals surface area (Å²) in [6.45, 7) is 3.43. The van der Waals surface area contributed by atoms with Crippen molar-refractivity contribution >= 4 is 15.8 Å². The number of hydrogen-bond donors (Lipinski definition) is 2. The van der Waals surface area contributed by atoms with Gasteiger partial charge in [0.1, 0.15) is 4.90 Å². The Kier molecular flexibility index (Phi) is 2.32. The van der Waals surface area contributed by atoms with Crippen LogP contribution >= 0.6 is 0 Å². The van der Waals surface area contributed by atoms with Crippen molar-refractivity contribution in [2.45, 2.75) is 18.7 Å². The number of nitrogen functional groups attached to an aromatic ring is 1. The molecule has 4 nitrogen and oxygen atoms in total. The van der Waals surface area contributed by atoms with E-state index in [-0.39, 0.29) is 10.6 Å². The Morgan fingerprint density at radius 3 is 2.31 bits per heavy atom. The van der Waals surface area contributed by atoms with Gasteiger partial charge >= 0.3 is 0 Å². The molecule has 0 unspecified atom stereocenters. The number of anilines is 1. The summed E-state index contributed by atoms with van der Waals surface area (Å²) in [6.07, 6.45) is 0. The van der Waals surface area contributed by atoms with Crippen LogP contribution in [0.25, 0.3) is 0 Å². The zero-order chi connectivity index (χ0) is 10.2. The molecule has 0 fully saturated rings. The third-order valence-electron chi connectivity index (χ3n) is 1.77. The third-order valence-corrected chi connectivity index (χ3v) is 2.66. The van der Waals surface area contributed by atoms with E-state index in [0.717, 1.165) is 5.56 Å². The van der Waals surface area contributed by atoms with Gasteiger partial charge in [-0.1, -0.05) is 6.07 Å². The first-order valence-electron chi connectivity index (χ1n) is 3.66. The fraction of sp³-hybridized carbons (Fsp3) is 0.250. The van der Waals surface area contributed by atoms with Crippen LogP contribution in [-0.2, 0) is 10.1 Å². The lowest BCUT2D eigenvalue weighted by Gasteiger charge is -2.06. The van der Waals surface area contributed by atoms with E-state index in [1.54, 1.807) is 19.9 Å². The fourth-order valence-electron chi connectivity index (χ4n) is 1.15. The number of nitrogens with two attached hydrogens (primary N) is 1. The molecule has 0 bridgehead atoms. The molecule has 0 aromatic heterocycles. The molecule has 0 spiro atoms. The molecule has 0 radical (unpaired) electrons. The Morgan fingerprint density at radius 1 is 1.31 bits per heavy atom. The van der Waals surface area contributed by atoms with Crippen molar-refractivity contribution in [1.82, 2.24) is 0 Å². The Labute approximate surface area is 77.1 Å². The quantitative estimate of drug-likeness (QED) is 0.527. The summed E-state index contributed by atoms with van der Waals surface area (Å²) in [4.78, 5) is -0.218. The van der Waals surface area contributed by atoms with Crippen molar-refractivity contribution in [1.29, 1.82) is 0 Å². The summed E-state index contributed by atoms with van der Waals surface area (Å²) in [7, 11) is -4.20. The van der Waals surface area contributed by atoms with E-state index >= 15 is 0 Å². The number of aryl methyl sites for hydroxylation is 2. The first-order chi connectivity index (χ1) is 5.82. The second-order valence-corrected chi connectivity index (χ2v) is 4.36. The molecule has 0 heterocycles. The van der Waals surface area contributed by atoms with Crippen LogP contribution in [0.1, 0.15) is 11.1 Å². The maximum absolute atomic E-state index is 10.8. The number of rotatable bonds is 1. The monoisotopic (exact) mass is 201 g/mol. The molecule has 0 amide bonds. The van der Waals surface area contributed by atoms with Crippen molar-refractivity contribution < 1.29 is 13.0 Å². The molecule has 72 valence electrons. The summed E-state index contributed by atoms with van der Waals surface area (Å²) < 4.78 is 30.5. The van der Waals surface area contributed by atoms with E-state index in [2.05, 4.69) is 0 Å². The fourth-order valence-corrected chi connectivity index (χ4v) is 1.93. The first kappa shape index (κ1) is 10.0. The average molecular weight is 201 g/mol. The Hall–Kier alpha value is -1.07. The summed E-state index contributed by atoms with van der Waals surface area (Å²) in [6, 6.07) is 3.10. The summed E-state index contributed by atoms with van der Waals surface area (Å²) >= 11 is 0. The third kappa shape index (κ3) is 1.99. The van der Waals surface area contributed by atoms with Crippen LogP contribution in [0.5, 0.6) is 0 Å². The highest BCUT2D eigenvalue weighted by Gasteiger charge is 2.15. The van der Waals surface area contributed by atoms with E-state index in [0.29, 0.717) is 5.56 Å². The molecule has 1 aromatic carbocycles. The largest absolute Gasteiger partial charge is 0.397 e. The molecular weight excluding hydrogens is 190 g/mol. The highest BCUT2D eigenvalue weighted by molar-refractivity contribution is 7.86. The van der Waals surface area contributed by atoms with Crippen LogP contribution in [0.15, 0.2) is 17.0 Å². The van der Waals surface area contributed by atoms with E-state index in [1.165, 1.54) is 6.07 Å². The molecule has 0 saturated heterocycles. The maximum atomic E-state index is 10.8. The molecule has 5 heteroatoms. The molecule has 0 saturated carbocycles.